The average molecular weight is 187 g/mol. The molecule has 0 saturated carbocycles. The van der Waals surface area contributed by atoms with Crippen molar-refractivity contribution in [3.63, 3.8) is 0 Å². The normalized spacial score (nSPS) is 14.5. The Kier molecular flexibility index (Phi) is 6.35. The Morgan fingerprint density at radius 1 is 1.31 bits per heavy atom. The zero-order valence-electron chi connectivity index (χ0n) is 9.60. The first-order valence-electron chi connectivity index (χ1n) is 5.35. The zero-order valence-corrected chi connectivity index (χ0v) is 9.60. The maximum Gasteiger partial charge on any atom is 0.0465 e. The highest BCUT2D eigenvalue weighted by Crippen LogP contribution is 2.35. The van der Waals surface area contributed by atoms with Crippen molar-refractivity contribution >= 4 is 0 Å². The van der Waals surface area contributed by atoms with E-state index in [4.69, 9.17) is 10.5 Å². The van der Waals surface area contributed by atoms with E-state index in [1.165, 1.54) is 12.8 Å². The molecule has 0 fully saturated rings. The summed E-state index contributed by atoms with van der Waals surface area (Å²) in [6, 6.07) is 0. The summed E-state index contributed by atoms with van der Waals surface area (Å²) in [5.74, 6) is 0.660. The van der Waals surface area contributed by atoms with Gasteiger partial charge in [-0.1, -0.05) is 20.8 Å². The van der Waals surface area contributed by atoms with Crippen LogP contribution in [0.5, 0.6) is 0 Å². The van der Waals surface area contributed by atoms with Gasteiger partial charge in [0.25, 0.3) is 0 Å². The summed E-state index contributed by atoms with van der Waals surface area (Å²) in [7, 11) is 1.76. The predicted molar refractivity (Wildman–Crippen MR) is 57.7 cm³/mol. The summed E-state index contributed by atoms with van der Waals surface area (Å²) in [5, 5.41) is 0. The summed E-state index contributed by atoms with van der Waals surface area (Å²) in [5.41, 5.74) is 6.19. The van der Waals surface area contributed by atoms with Crippen LogP contribution in [-0.2, 0) is 4.74 Å². The van der Waals surface area contributed by atoms with Gasteiger partial charge in [0.05, 0.1) is 0 Å². The molecule has 2 nitrogen and oxygen atoms in total. The van der Waals surface area contributed by atoms with Gasteiger partial charge in [-0.3, -0.25) is 0 Å². The third kappa shape index (κ3) is 3.28. The Morgan fingerprint density at radius 2 is 1.85 bits per heavy atom. The van der Waals surface area contributed by atoms with Crippen molar-refractivity contribution in [2.45, 2.75) is 40.0 Å². The molecule has 80 valence electrons. The van der Waals surface area contributed by atoms with E-state index >= 15 is 0 Å². The quantitative estimate of drug-likeness (QED) is 0.664. The molecule has 0 saturated heterocycles. The second kappa shape index (κ2) is 6.39. The minimum atomic E-state index is 0.332. The largest absolute Gasteiger partial charge is 0.385 e. The summed E-state index contributed by atoms with van der Waals surface area (Å²) in [6.07, 6.45) is 3.46. The fourth-order valence-electron chi connectivity index (χ4n) is 2.04. The maximum absolute atomic E-state index is 5.86. The molecule has 0 aliphatic carbocycles. The molecule has 1 atom stereocenters. The molecule has 0 aliphatic rings. The van der Waals surface area contributed by atoms with Crippen molar-refractivity contribution in [2.75, 3.05) is 20.3 Å². The molecular weight excluding hydrogens is 162 g/mol. The van der Waals surface area contributed by atoms with E-state index in [1.54, 1.807) is 7.11 Å². The lowest BCUT2D eigenvalue weighted by atomic mass is 9.71. The van der Waals surface area contributed by atoms with Gasteiger partial charge in [-0.05, 0) is 37.1 Å². The number of hydrogen-bond acceptors (Lipinski definition) is 2. The molecule has 2 heteroatoms. The Hall–Kier alpha value is -0.0800. The first kappa shape index (κ1) is 12.9. The molecular formula is C11H25NO. The Balaban J connectivity index is 4.17. The highest BCUT2D eigenvalue weighted by molar-refractivity contribution is 4.82. The number of nitrogens with two attached hydrogens (primary N) is 1. The molecule has 0 amide bonds. The lowest BCUT2D eigenvalue weighted by Gasteiger charge is -2.36. The van der Waals surface area contributed by atoms with Crippen LogP contribution < -0.4 is 5.73 Å². The van der Waals surface area contributed by atoms with E-state index < -0.39 is 0 Å². The van der Waals surface area contributed by atoms with E-state index in [-0.39, 0.29) is 0 Å². The summed E-state index contributed by atoms with van der Waals surface area (Å²) in [4.78, 5) is 0. The molecule has 0 aromatic carbocycles. The molecule has 0 bridgehead atoms. The lowest BCUT2D eigenvalue weighted by Crippen LogP contribution is -2.36. The molecule has 0 rings (SSSR count). The van der Waals surface area contributed by atoms with Crippen LogP contribution in [0, 0.1) is 11.3 Å². The van der Waals surface area contributed by atoms with Crippen molar-refractivity contribution in [1.82, 2.24) is 0 Å². The third-order valence-electron chi connectivity index (χ3n) is 3.62. The summed E-state index contributed by atoms with van der Waals surface area (Å²) >= 11 is 0. The van der Waals surface area contributed by atoms with Crippen LogP contribution in [0.1, 0.15) is 40.0 Å². The van der Waals surface area contributed by atoms with Crippen LogP contribution in [0.25, 0.3) is 0 Å². The monoisotopic (exact) mass is 187 g/mol. The van der Waals surface area contributed by atoms with E-state index in [0.717, 1.165) is 19.6 Å². The summed E-state index contributed by atoms with van der Waals surface area (Å²) in [6.45, 7) is 8.41. The van der Waals surface area contributed by atoms with Gasteiger partial charge in [0.15, 0.2) is 0 Å². The molecule has 13 heavy (non-hydrogen) atoms. The topological polar surface area (TPSA) is 35.2 Å². The summed E-state index contributed by atoms with van der Waals surface area (Å²) < 4.78 is 5.10. The van der Waals surface area contributed by atoms with Crippen molar-refractivity contribution in [3.8, 4) is 0 Å². The van der Waals surface area contributed by atoms with E-state index in [2.05, 4.69) is 20.8 Å². The minimum absolute atomic E-state index is 0.332. The van der Waals surface area contributed by atoms with Crippen LogP contribution >= 0.6 is 0 Å². The maximum atomic E-state index is 5.86. The second-order valence-electron chi connectivity index (χ2n) is 3.96. The Labute approximate surface area is 82.8 Å². The van der Waals surface area contributed by atoms with Gasteiger partial charge in [0, 0.05) is 13.7 Å². The standard InChI is InChI=1S/C11H25NO/c1-5-11(6-2,9-12)10(3)7-8-13-4/h10H,5-9,12H2,1-4H3. The van der Waals surface area contributed by atoms with Gasteiger partial charge in [0.2, 0.25) is 0 Å². The van der Waals surface area contributed by atoms with E-state index in [9.17, 15) is 0 Å². The molecule has 0 heterocycles. The van der Waals surface area contributed by atoms with Crippen molar-refractivity contribution < 1.29 is 4.74 Å². The molecule has 2 N–H and O–H groups in total. The third-order valence-corrected chi connectivity index (χ3v) is 3.62. The van der Waals surface area contributed by atoms with Gasteiger partial charge >= 0.3 is 0 Å². The fourth-order valence-corrected chi connectivity index (χ4v) is 2.04. The number of methoxy groups -OCH3 is 1. The fraction of sp³-hybridized carbons (Fsp3) is 1.00. The van der Waals surface area contributed by atoms with E-state index in [1.807, 2.05) is 0 Å². The van der Waals surface area contributed by atoms with Crippen LogP contribution in [0.4, 0.5) is 0 Å². The molecule has 0 aromatic rings. The highest BCUT2D eigenvalue weighted by atomic mass is 16.5. The van der Waals surface area contributed by atoms with Crippen LogP contribution in [0.2, 0.25) is 0 Å². The van der Waals surface area contributed by atoms with Gasteiger partial charge < -0.3 is 10.5 Å². The van der Waals surface area contributed by atoms with Crippen LogP contribution in [0.3, 0.4) is 0 Å². The van der Waals surface area contributed by atoms with Gasteiger partial charge in [-0.2, -0.15) is 0 Å². The van der Waals surface area contributed by atoms with Gasteiger partial charge in [0.1, 0.15) is 0 Å². The number of ether oxygens (including phenoxy) is 1. The molecule has 0 spiro atoms. The number of rotatable bonds is 7. The predicted octanol–water partition coefficient (Wildman–Crippen LogP) is 2.42. The zero-order chi connectivity index (χ0) is 10.3. The van der Waals surface area contributed by atoms with Crippen molar-refractivity contribution in [3.05, 3.63) is 0 Å². The van der Waals surface area contributed by atoms with E-state index in [0.29, 0.717) is 11.3 Å². The second-order valence-corrected chi connectivity index (χ2v) is 3.96. The molecule has 1 unspecified atom stereocenters. The SMILES string of the molecule is CCC(CC)(CN)C(C)CCOC. The Bertz CT molecular complexity index is 113. The van der Waals surface area contributed by atoms with Gasteiger partial charge in [-0.25, -0.2) is 0 Å². The highest BCUT2D eigenvalue weighted by Gasteiger charge is 2.30. The molecule has 0 aromatic heterocycles. The van der Waals surface area contributed by atoms with Crippen molar-refractivity contribution in [2.24, 2.45) is 17.1 Å². The lowest BCUT2D eigenvalue weighted by molar-refractivity contribution is 0.110. The van der Waals surface area contributed by atoms with Gasteiger partial charge in [-0.15, -0.1) is 0 Å². The first-order valence-corrected chi connectivity index (χ1v) is 5.35. The van der Waals surface area contributed by atoms with Crippen LogP contribution in [0.15, 0.2) is 0 Å². The number of hydrogen-bond donors (Lipinski definition) is 1. The molecule has 0 radical (unpaired) electrons. The first-order chi connectivity index (χ1) is 6.16. The molecule has 0 aliphatic heterocycles. The smallest absolute Gasteiger partial charge is 0.0465 e. The van der Waals surface area contributed by atoms with Crippen LogP contribution in [-0.4, -0.2) is 20.3 Å². The Morgan fingerprint density at radius 3 is 2.15 bits per heavy atom. The average Bonchev–Trinajstić information content (AvgIpc) is 2.18. The minimum Gasteiger partial charge on any atom is -0.385 e. The van der Waals surface area contributed by atoms with Crippen molar-refractivity contribution in [1.29, 1.82) is 0 Å².